The first-order valence-corrected chi connectivity index (χ1v) is 22.6. The van der Waals surface area contributed by atoms with E-state index in [1.165, 1.54) is 30.8 Å². The number of aromatic nitrogens is 2. The first-order chi connectivity index (χ1) is 29.3. The zero-order chi connectivity index (χ0) is 42.1. The number of carbonyl (C=O) groups is 4. The number of nitrogens with one attached hydrogen (secondary N) is 1. The average Bonchev–Trinajstić information content (AvgIpc) is 3.43. The van der Waals surface area contributed by atoms with Crippen molar-refractivity contribution in [2.24, 2.45) is 23.2 Å². The second-order valence-corrected chi connectivity index (χ2v) is 20.1. The van der Waals surface area contributed by atoms with Crippen molar-refractivity contribution in [2.75, 3.05) is 57.3 Å². The third kappa shape index (κ3) is 6.13. The Morgan fingerprint density at radius 3 is 2.33 bits per heavy atom. The molecule has 316 valence electrons. The largest absolute Gasteiger partial charge is 0.371 e. The van der Waals surface area contributed by atoms with E-state index < -0.39 is 23.8 Å². The predicted molar refractivity (Wildman–Crippen MR) is 232 cm³/mol. The second-order valence-electron chi connectivity index (χ2n) is 19.7. The van der Waals surface area contributed by atoms with E-state index in [1.54, 1.807) is 12.1 Å². The number of fused-ring (bicyclic) bond motifs is 7. The van der Waals surface area contributed by atoms with Gasteiger partial charge >= 0.3 is 0 Å². The van der Waals surface area contributed by atoms with Crippen LogP contribution in [0.25, 0.3) is 16.6 Å². The van der Waals surface area contributed by atoms with Gasteiger partial charge in [-0.25, -0.2) is 0 Å². The van der Waals surface area contributed by atoms with Crippen molar-refractivity contribution >= 4 is 51.8 Å². The van der Waals surface area contributed by atoms with Crippen molar-refractivity contribution in [3.05, 3.63) is 98.1 Å². The van der Waals surface area contributed by atoms with Crippen LogP contribution in [0.4, 0.5) is 5.69 Å². The number of amides is 4. The van der Waals surface area contributed by atoms with Gasteiger partial charge < -0.3 is 14.7 Å². The van der Waals surface area contributed by atoms with Gasteiger partial charge in [0.05, 0.1) is 38.2 Å². The van der Waals surface area contributed by atoms with Gasteiger partial charge in [-0.1, -0.05) is 36.7 Å². The fourth-order valence-electron chi connectivity index (χ4n) is 12.3. The van der Waals surface area contributed by atoms with Crippen molar-refractivity contribution in [1.82, 2.24) is 29.6 Å². The van der Waals surface area contributed by atoms with E-state index in [1.807, 2.05) is 24.3 Å². The monoisotopic (exact) mass is 841 g/mol. The molecular formula is C48H52ClN7O5. The first-order valence-electron chi connectivity index (χ1n) is 22.2. The van der Waals surface area contributed by atoms with E-state index in [2.05, 4.69) is 68.5 Å². The van der Waals surface area contributed by atoms with Gasteiger partial charge in [-0.3, -0.25) is 38.8 Å². The minimum Gasteiger partial charge on any atom is -0.371 e. The molecule has 4 saturated heterocycles. The molecule has 1 aliphatic carbocycles. The summed E-state index contributed by atoms with van der Waals surface area (Å²) in [5.41, 5.74) is 5.84. The van der Waals surface area contributed by atoms with Crippen LogP contribution in [0.2, 0.25) is 5.02 Å². The minimum atomic E-state index is -0.955. The molecule has 13 heteroatoms. The van der Waals surface area contributed by atoms with Crippen LogP contribution >= 0.6 is 11.6 Å². The Balaban J connectivity index is 0.667. The average molecular weight is 842 g/mol. The molecule has 61 heavy (non-hydrogen) atoms. The number of anilines is 1. The van der Waals surface area contributed by atoms with Crippen molar-refractivity contribution in [3.63, 3.8) is 0 Å². The standard InChI is InChI=1S/C48H52ClN7O5/c1-47(2)33-10-7-29(21-39(33)55-37-6-4-5-36(49)41(37)43(59)51-46(47)55)28-15-17-52(18-16-28)24-34-35-25-53(26-48(34,35)3)23-27-13-19-54(20-14-27)30-8-9-31-32(22-30)45(61)56(44(31)60)38-11-12-40(57)50-42(38)58/h4-10,21-22,27-28,34-35,38H,11-20,23-26H2,1-3H3,(H,50,57,58)/t34-,35-,38?,48?/m0/s1. The molecular weight excluding hydrogens is 790 g/mol. The normalized spacial score (nSPS) is 27.7. The molecule has 7 aliphatic rings. The predicted octanol–water partition coefficient (Wildman–Crippen LogP) is 5.74. The highest BCUT2D eigenvalue weighted by Crippen LogP contribution is 2.63. The van der Waals surface area contributed by atoms with Gasteiger partial charge in [0.2, 0.25) is 11.8 Å². The number of hydrogen-bond acceptors (Lipinski definition) is 9. The highest BCUT2D eigenvalue weighted by molar-refractivity contribution is 6.35. The maximum Gasteiger partial charge on any atom is 0.282 e. The molecule has 11 rings (SSSR count). The second kappa shape index (κ2) is 14.1. The molecule has 4 amide bonds. The van der Waals surface area contributed by atoms with Gasteiger partial charge in [0, 0.05) is 51.4 Å². The van der Waals surface area contributed by atoms with E-state index in [9.17, 15) is 24.0 Å². The Morgan fingerprint density at radius 1 is 0.820 bits per heavy atom. The number of halogens is 1. The number of piperidine rings is 4. The SMILES string of the molecule is CC1(C)c2ccc(C3CCN(C[C@H]4[C@@H]5CN(CC6CCN(c7ccc8c(c7)C(=O)N(C7CCC(=O)NC7=O)C8=O)CC6)CC45C)CC3)cc2-n2c1nc(=O)c1c(Cl)cccc12. The van der Waals surface area contributed by atoms with E-state index in [0.717, 1.165) is 97.9 Å². The Morgan fingerprint density at radius 2 is 1.59 bits per heavy atom. The molecule has 6 aliphatic heterocycles. The lowest BCUT2D eigenvalue weighted by molar-refractivity contribution is -0.136. The molecule has 7 heterocycles. The van der Waals surface area contributed by atoms with Gasteiger partial charge in [0.15, 0.2) is 0 Å². The number of likely N-dealkylation sites (tertiary alicyclic amines) is 2. The van der Waals surface area contributed by atoms with E-state index in [-0.39, 0.29) is 29.7 Å². The summed E-state index contributed by atoms with van der Waals surface area (Å²) in [6.45, 7) is 15.5. The molecule has 0 radical (unpaired) electrons. The number of carbonyl (C=O) groups excluding carboxylic acids is 4. The van der Waals surface area contributed by atoms with E-state index in [0.29, 0.717) is 38.8 Å². The van der Waals surface area contributed by atoms with Gasteiger partial charge in [0.25, 0.3) is 17.4 Å². The maximum atomic E-state index is 13.4. The van der Waals surface area contributed by atoms with Crippen molar-refractivity contribution < 1.29 is 19.2 Å². The van der Waals surface area contributed by atoms with Crippen molar-refractivity contribution in [3.8, 4) is 5.69 Å². The molecule has 12 nitrogen and oxygen atoms in total. The fourth-order valence-corrected chi connectivity index (χ4v) is 12.5. The Kier molecular flexibility index (Phi) is 8.98. The van der Waals surface area contributed by atoms with Gasteiger partial charge in [-0.05, 0) is 136 Å². The molecule has 0 spiro atoms. The van der Waals surface area contributed by atoms with Crippen LogP contribution < -0.4 is 15.8 Å². The minimum absolute atomic E-state index is 0.107. The van der Waals surface area contributed by atoms with E-state index >= 15 is 0 Å². The number of rotatable bonds is 7. The number of nitrogens with zero attached hydrogens (tertiary/aromatic N) is 6. The Labute approximate surface area is 360 Å². The first kappa shape index (κ1) is 39.0. The molecule has 5 fully saturated rings. The number of benzene rings is 3. The van der Waals surface area contributed by atoms with Crippen LogP contribution in [0.15, 0.2) is 59.4 Å². The lowest BCUT2D eigenvalue weighted by atomic mass is 9.83. The summed E-state index contributed by atoms with van der Waals surface area (Å²) in [5, 5.41) is 3.19. The summed E-state index contributed by atoms with van der Waals surface area (Å²) in [5.74, 6) is 1.54. The van der Waals surface area contributed by atoms with Gasteiger partial charge in [-0.2, -0.15) is 4.98 Å². The van der Waals surface area contributed by atoms with Crippen LogP contribution in [0.1, 0.15) is 103 Å². The molecule has 4 aromatic rings. The number of imide groups is 2. The quantitative estimate of drug-likeness (QED) is 0.232. The molecule has 2 unspecified atom stereocenters. The van der Waals surface area contributed by atoms with Crippen molar-refractivity contribution in [2.45, 2.75) is 76.7 Å². The summed E-state index contributed by atoms with van der Waals surface area (Å²) in [7, 11) is 0. The lowest BCUT2D eigenvalue weighted by Crippen LogP contribution is -2.54. The van der Waals surface area contributed by atoms with Crippen molar-refractivity contribution in [1.29, 1.82) is 0 Å². The summed E-state index contributed by atoms with van der Waals surface area (Å²) in [4.78, 5) is 77.2. The topological polar surface area (TPSA) is 128 Å². The molecule has 1 N–H and O–H groups in total. The summed E-state index contributed by atoms with van der Waals surface area (Å²) >= 11 is 6.53. The van der Waals surface area contributed by atoms with Crippen LogP contribution in [-0.4, -0.2) is 106 Å². The third-order valence-corrected chi connectivity index (χ3v) is 16.2. The maximum absolute atomic E-state index is 13.4. The van der Waals surface area contributed by atoms with Crippen LogP contribution in [0.3, 0.4) is 0 Å². The Bertz CT molecular complexity index is 2630. The lowest BCUT2D eigenvalue weighted by Gasteiger charge is -2.36. The zero-order valence-electron chi connectivity index (χ0n) is 35.1. The number of hydrogen-bond donors (Lipinski definition) is 1. The summed E-state index contributed by atoms with van der Waals surface area (Å²) in [6, 6.07) is 17.1. The van der Waals surface area contributed by atoms with Gasteiger partial charge in [-0.15, -0.1) is 0 Å². The zero-order valence-corrected chi connectivity index (χ0v) is 35.8. The van der Waals surface area contributed by atoms with Gasteiger partial charge in [0.1, 0.15) is 11.9 Å². The summed E-state index contributed by atoms with van der Waals surface area (Å²) in [6.07, 6.45) is 4.71. The van der Waals surface area contributed by atoms with Crippen LogP contribution in [0, 0.1) is 23.2 Å². The highest BCUT2D eigenvalue weighted by atomic mass is 35.5. The Hall–Kier alpha value is -4.91. The fraction of sp³-hybridized carbons (Fsp3) is 0.500. The molecule has 1 saturated carbocycles. The highest BCUT2D eigenvalue weighted by Gasteiger charge is 2.65. The van der Waals surface area contributed by atoms with Crippen LogP contribution in [-0.2, 0) is 15.0 Å². The van der Waals surface area contributed by atoms with E-state index in [4.69, 9.17) is 11.6 Å². The smallest absolute Gasteiger partial charge is 0.282 e. The van der Waals surface area contributed by atoms with Crippen LogP contribution in [0.5, 0.6) is 0 Å². The molecule has 0 bridgehead atoms. The summed E-state index contributed by atoms with van der Waals surface area (Å²) < 4.78 is 2.17. The molecule has 1 aromatic heterocycles. The molecule has 4 atom stereocenters. The third-order valence-electron chi connectivity index (χ3n) is 15.9. The molecule has 3 aromatic carbocycles.